The molecule has 1 N–H and O–H groups in total. The predicted molar refractivity (Wildman–Crippen MR) is 60.9 cm³/mol. The summed E-state index contributed by atoms with van der Waals surface area (Å²) in [6.07, 6.45) is 0.974. The van der Waals surface area contributed by atoms with E-state index in [1.54, 1.807) is 25.7 Å². The number of hydrogen-bond acceptors (Lipinski definition) is 2. The highest BCUT2D eigenvalue weighted by molar-refractivity contribution is 5.97. The predicted octanol–water partition coefficient (Wildman–Crippen LogP) is 1.60. The minimum absolute atomic E-state index is 0.232. The van der Waals surface area contributed by atoms with Crippen LogP contribution in [0.25, 0.3) is 0 Å². The molecular formula is C12H21NO3. The Labute approximate surface area is 96.6 Å². The molecular weight excluding hydrogens is 206 g/mol. The summed E-state index contributed by atoms with van der Waals surface area (Å²) in [5, 5.41) is 9.16. The number of carbonyl (C=O) groups is 2. The number of amides is 1. The maximum absolute atomic E-state index is 12.1. The van der Waals surface area contributed by atoms with E-state index in [-0.39, 0.29) is 5.91 Å². The standard InChI is InChI=1S/C12H21NO3/c1-8-5-6-13(7-8)10(14)9(11(15)16)12(2,3)4/h8-9H,5-7H2,1-4H3,(H,15,16). The number of rotatable bonds is 2. The Hall–Kier alpha value is -1.06. The van der Waals surface area contributed by atoms with E-state index in [4.69, 9.17) is 5.11 Å². The van der Waals surface area contributed by atoms with Crippen LogP contribution in [0.2, 0.25) is 0 Å². The molecule has 0 saturated carbocycles. The zero-order chi connectivity index (χ0) is 12.5. The zero-order valence-corrected chi connectivity index (χ0v) is 10.5. The third-order valence-electron chi connectivity index (χ3n) is 3.10. The minimum Gasteiger partial charge on any atom is -0.481 e. The van der Waals surface area contributed by atoms with Crippen molar-refractivity contribution in [1.82, 2.24) is 4.90 Å². The third-order valence-corrected chi connectivity index (χ3v) is 3.10. The Bertz CT molecular complexity index is 293. The van der Waals surface area contributed by atoms with Crippen molar-refractivity contribution in [2.24, 2.45) is 17.3 Å². The molecule has 0 aromatic heterocycles. The van der Waals surface area contributed by atoms with E-state index in [9.17, 15) is 9.59 Å². The van der Waals surface area contributed by atoms with Crippen molar-refractivity contribution in [3.05, 3.63) is 0 Å². The number of nitrogens with zero attached hydrogens (tertiary/aromatic N) is 1. The normalized spacial score (nSPS) is 23.2. The molecule has 0 aromatic carbocycles. The fourth-order valence-electron chi connectivity index (χ4n) is 2.16. The van der Waals surface area contributed by atoms with Crippen LogP contribution in [-0.4, -0.2) is 35.0 Å². The highest BCUT2D eigenvalue weighted by Gasteiger charge is 2.41. The van der Waals surface area contributed by atoms with Gasteiger partial charge in [-0.2, -0.15) is 0 Å². The highest BCUT2D eigenvalue weighted by atomic mass is 16.4. The summed E-state index contributed by atoms with van der Waals surface area (Å²) in [6, 6.07) is 0. The fraction of sp³-hybridized carbons (Fsp3) is 0.833. The molecule has 1 aliphatic rings. The van der Waals surface area contributed by atoms with Crippen LogP contribution in [0.3, 0.4) is 0 Å². The molecule has 2 unspecified atom stereocenters. The zero-order valence-electron chi connectivity index (χ0n) is 10.5. The number of hydrogen-bond donors (Lipinski definition) is 1. The second-order valence-electron chi connectivity index (χ2n) is 5.82. The first kappa shape index (κ1) is 13.0. The lowest BCUT2D eigenvalue weighted by atomic mass is 9.80. The number of likely N-dealkylation sites (tertiary alicyclic amines) is 1. The van der Waals surface area contributed by atoms with Crippen LogP contribution in [0.4, 0.5) is 0 Å². The van der Waals surface area contributed by atoms with Crippen molar-refractivity contribution >= 4 is 11.9 Å². The molecule has 0 bridgehead atoms. The Morgan fingerprint density at radius 1 is 1.38 bits per heavy atom. The molecule has 0 aromatic rings. The number of carboxylic acids is 1. The summed E-state index contributed by atoms with van der Waals surface area (Å²) in [4.78, 5) is 25.0. The van der Waals surface area contributed by atoms with E-state index in [1.165, 1.54) is 0 Å². The van der Waals surface area contributed by atoms with E-state index in [0.717, 1.165) is 6.42 Å². The van der Waals surface area contributed by atoms with Gasteiger partial charge in [-0.1, -0.05) is 27.7 Å². The van der Waals surface area contributed by atoms with Gasteiger partial charge in [0.15, 0.2) is 0 Å². The lowest BCUT2D eigenvalue weighted by molar-refractivity contribution is -0.155. The second kappa shape index (κ2) is 4.44. The van der Waals surface area contributed by atoms with Crippen LogP contribution in [0.15, 0.2) is 0 Å². The Balaban J connectivity index is 2.80. The Kier molecular flexibility index (Phi) is 3.61. The first-order valence-electron chi connectivity index (χ1n) is 5.75. The van der Waals surface area contributed by atoms with Crippen molar-refractivity contribution in [3.8, 4) is 0 Å². The van der Waals surface area contributed by atoms with E-state index < -0.39 is 17.3 Å². The van der Waals surface area contributed by atoms with Gasteiger partial charge in [0.1, 0.15) is 5.92 Å². The van der Waals surface area contributed by atoms with Gasteiger partial charge >= 0.3 is 5.97 Å². The summed E-state index contributed by atoms with van der Waals surface area (Å²) >= 11 is 0. The van der Waals surface area contributed by atoms with Crippen LogP contribution in [-0.2, 0) is 9.59 Å². The van der Waals surface area contributed by atoms with Crippen LogP contribution in [0.5, 0.6) is 0 Å². The van der Waals surface area contributed by atoms with Crippen molar-refractivity contribution in [2.75, 3.05) is 13.1 Å². The Morgan fingerprint density at radius 2 is 1.94 bits per heavy atom. The molecule has 0 aliphatic carbocycles. The maximum Gasteiger partial charge on any atom is 0.316 e. The molecule has 4 nitrogen and oxygen atoms in total. The van der Waals surface area contributed by atoms with Gasteiger partial charge in [0, 0.05) is 13.1 Å². The first-order chi connectivity index (χ1) is 7.23. The Morgan fingerprint density at radius 3 is 2.25 bits per heavy atom. The number of carbonyl (C=O) groups excluding carboxylic acids is 1. The summed E-state index contributed by atoms with van der Waals surface area (Å²) in [5.41, 5.74) is -0.533. The van der Waals surface area contributed by atoms with Crippen LogP contribution < -0.4 is 0 Å². The van der Waals surface area contributed by atoms with Crippen LogP contribution in [0, 0.1) is 17.3 Å². The third kappa shape index (κ3) is 2.74. The molecule has 1 fully saturated rings. The minimum atomic E-state index is -1.02. The first-order valence-corrected chi connectivity index (χ1v) is 5.75. The highest BCUT2D eigenvalue weighted by Crippen LogP contribution is 2.29. The lowest BCUT2D eigenvalue weighted by Crippen LogP contribution is -2.44. The molecule has 1 heterocycles. The van der Waals surface area contributed by atoms with Crippen LogP contribution >= 0.6 is 0 Å². The number of aliphatic carboxylic acids is 1. The topological polar surface area (TPSA) is 57.6 Å². The molecule has 16 heavy (non-hydrogen) atoms. The largest absolute Gasteiger partial charge is 0.481 e. The van der Waals surface area contributed by atoms with Gasteiger partial charge in [-0.05, 0) is 17.8 Å². The van der Waals surface area contributed by atoms with Gasteiger partial charge in [-0.25, -0.2) is 0 Å². The quantitative estimate of drug-likeness (QED) is 0.729. The van der Waals surface area contributed by atoms with Gasteiger partial charge < -0.3 is 10.0 Å². The van der Waals surface area contributed by atoms with Gasteiger partial charge in [0.05, 0.1) is 0 Å². The molecule has 2 atom stereocenters. The van der Waals surface area contributed by atoms with Crippen molar-refractivity contribution in [1.29, 1.82) is 0 Å². The summed E-state index contributed by atoms with van der Waals surface area (Å²) < 4.78 is 0. The van der Waals surface area contributed by atoms with Crippen molar-refractivity contribution < 1.29 is 14.7 Å². The fourth-order valence-corrected chi connectivity index (χ4v) is 2.16. The second-order valence-corrected chi connectivity index (χ2v) is 5.82. The van der Waals surface area contributed by atoms with E-state index in [2.05, 4.69) is 6.92 Å². The molecule has 1 aliphatic heterocycles. The molecule has 0 radical (unpaired) electrons. The molecule has 1 rings (SSSR count). The maximum atomic E-state index is 12.1. The average molecular weight is 227 g/mol. The molecule has 1 saturated heterocycles. The van der Waals surface area contributed by atoms with E-state index in [0.29, 0.717) is 19.0 Å². The van der Waals surface area contributed by atoms with Gasteiger partial charge in [0.25, 0.3) is 0 Å². The molecule has 92 valence electrons. The number of carboxylic acid groups (broad SMARTS) is 1. The monoisotopic (exact) mass is 227 g/mol. The van der Waals surface area contributed by atoms with Gasteiger partial charge in [-0.3, -0.25) is 9.59 Å². The van der Waals surface area contributed by atoms with E-state index in [1.807, 2.05) is 0 Å². The van der Waals surface area contributed by atoms with Crippen molar-refractivity contribution in [2.45, 2.75) is 34.1 Å². The van der Waals surface area contributed by atoms with Crippen molar-refractivity contribution in [3.63, 3.8) is 0 Å². The summed E-state index contributed by atoms with van der Waals surface area (Å²) in [6.45, 7) is 8.86. The molecule has 0 spiro atoms. The van der Waals surface area contributed by atoms with Gasteiger partial charge in [0.2, 0.25) is 5.91 Å². The lowest BCUT2D eigenvalue weighted by Gasteiger charge is -2.29. The smallest absolute Gasteiger partial charge is 0.316 e. The molecule has 4 heteroatoms. The SMILES string of the molecule is CC1CCN(C(=O)C(C(=O)O)C(C)(C)C)C1. The van der Waals surface area contributed by atoms with E-state index >= 15 is 0 Å². The summed E-state index contributed by atoms with van der Waals surface area (Å²) in [7, 11) is 0. The average Bonchev–Trinajstić information content (AvgIpc) is 2.48. The molecule has 1 amide bonds. The summed E-state index contributed by atoms with van der Waals surface area (Å²) in [5.74, 6) is -1.70. The van der Waals surface area contributed by atoms with Gasteiger partial charge in [-0.15, -0.1) is 0 Å². The van der Waals surface area contributed by atoms with Crippen LogP contribution in [0.1, 0.15) is 34.1 Å².